The van der Waals surface area contributed by atoms with E-state index in [1.54, 1.807) is 0 Å². The number of nitrogens with one attached hydrogen (secondary N) is 1. The smallest absolute Gasteiger partial charge is 0.0644 e. The number of hydrogen-bond acceptors (Lipinski definition) is 4. The van der Waals surface area contributed by atoms with Crippen LogP contribution in [-0.2, 0) is 17.6 Å². The summed E-state index contributed by atoms with van der Waals surface area (Å²) in [6, 6.07) is 4.25. The van der Waals surface area contributed by atoms with E-state index in [9.17, 15) is 0 Å². The van der Waals surface area contributed by atoms with Crippen LogP contribution in [0.4, 0.5) is 0 Å². The van der Waals surface area contributed by atoms with E-state index >= 15 is 0 Å². The van der Waals surface area contributed by atoms with Crippen molar-refractivity contribution in [3.8, 4) is 0 Å². The molecule has 0 aromatic carbocycles. The van der Waals surface area contributed by atoms with E-state index in [-0.39, 0.29) is 11.6 Å². The average molecular weight is 251 g/mol. The van der Waals surface area contributed by atoms with E-state index < -0.39 is 0 Å². The van der Waals surface area contributed by atoms with Crippen LogP contribution in [0.1, 0.15) is 39.0 Å². The molecule has 1 aromatic rings. The zero-order valence-corrected chi connectivity index (χ0v) is 11.9. The molecule has 0 bridgehead atoms. The Hall–Kier alpha value is -0.970. The van der Waals surface area contributed by atoms with Crippen molar-refractivity contribution in [1.82, 2.24) is 10.4 Å². The average Bonchev–Trinajstić information content (AvgIpc) is 2.34. The third-order valence-corrected chi connectivity index (χ3v) is 2.70. The van der Waals surface area contributed by atoms with Gasteiger partial charge >= 0.3 is 0 Å². The Morgan fingerprint density at radius 3 is 2.56 bits per heavy atom. The van der Waals surface area contributed by atoms with Gasteiger partial charge in [-0.3, -0.25) is 16.3 Å². The molecule has 0 spiro atoms. The Morgan fingerprint density at radius 2 is 2.11 bits per heavy atom. The molecule has 102 valence electrons. The van der Waals surface area contributed by atoms with E-state index in [1.165, 1.54) is 5.56 Å². The minimum atomic E-state index is -0.144. The monoisotopic (exact) mass is 251 g/mol. The quantitative estimate of drug-likeness (QED) is 0.598. The van der Waals surface area contributed by atoms with Crippen molar-refractivity contribution in [2.45, 2.75) is 52.2 Å². The van der Waals surface area contributed by atoms with E-state index in [0.717, 1.165) is 18.5 Å². The minimum Gasteiger partial charge on any atom is -0.374 e. The predicted molar refractivity (Wildman–Crippen MR) is 74.1 cm³/mol. The van der Waals surface area contributed by atoms with Crippen molar-refractivity contribution in [3.63, 3.8) is 0 Å². The van der Waals surface area contributed by atoms with Gasteiger partial charge in [0.1, 0.15) is 0 Å². The van der Waals surface area contributed by atoms with Crippen LogP contribution >= 0.6 is 0 Å². The van der Waals surface area contributed by atoms with Gasteiger partial charge in [0.2, 0.25) is 0 Å². The van der Waals surface area contributed by atoms with Gasteiger partial charge in [0.15, 0.2) is 0 Å². The summed E-state index contributed by atoms with van der Waals surface area (Å²) in [6.07, 6.45) is 3.71. The number of nitrogens with two attached hydrogens (primary N) is 1. The summed E-state index contributed by atoms with van der Waals surface area (Å²) in [5.41, 5.74) is 4.93. The van der Waals surface area contributed by atoms with Crippen molar-refractivity contribution < 1.29 is 4.74 Å². The fourth-order valence-corrected chi connectivity index (χ4v) is 1.55. The first-order chi connectivity index (χ1) is 8.44. The molecule has 0 fully saturated rings. The van der Waals surface area contributed by atoms with Crippen LogP contribution in [0, 0.1) is 0 Å². The Balaban J connectivity index is 2.51. The molecule has 1 heterocycles. The number of aryl methyl sites for hydroxylation is 1. The Bertz CT molecular complexity index is 343. The predicted octanol–water partition coefficient (Wildman–Crippen LogP) is 1.83. The first kappa shape index (κ1) is 15.1. The second kappa shape index (κ2) is 6.83. The molecule has 0 aliphatic carbocycles. The SMILES string of the molecule is CCc1ccc(CC(COC(C)(C)C)NN)nc1. The van der Waals surface area contributed by atoms with Crippen LogP contribution in [-0.4, -0.2) is 23.2 Å². The van der Waals surface area contributed by atoms with Gasteiger partial charge in [-0.1, -0.05) is 13.0 Å². The molecule has 0 amide bonds. The molecule has 0 saturated heterocycles. The van der Waals surface area contributed by atoms with Gasteiger partial charge in [-0.15, -0.1) is 0 Å². The molecule has 0 saturated carbocycles. The van der Waals surface area contributed by atoms with Gasteiger partial charge in [0.05, 0.1) is 12.2 Å². The zero-order chi connectivity index (χ0) is 13.6. The fourth-order valence-electron chi connectivity index (χ4n) is 1.55. The van der Waals surface area contributed by atoms with E-state index in [0.29, 0.717) is 6.61 Å². The van der Waals surface area contributed by atoms with Gasteiger partial charge < -0.3 is 4.74 Å². The number of hydrogen-bond donors (Lipinski definition) is 2. The minimum absolute atomic E-state index is 0.0872. The molecule has 1 aromatic heterocycles. The highest BCUT2D eigenvalue weighted by Gasteiger charge is 2.15. The van der Waals surface area contributed by atoms with Crippen LogP contribution < -0.4 is 11.3 Å². The highest BCUT2D eigenvalue weighted by molar-refractivity contribution is 5.14. The van der Waals surface area contributed by atoms with E-state index in [4.69, 9.17) is 10.6 Å². The molecule has 3 N–H and O–H groups in total. The topological polar surface area (TPSA) is 60.2 Å². The largest absolute Gasteiger partial charge is 0.374 e. The zero-order valence-electron chi connectivity index (χ0n) is 11.9. The van der Waals surface area contributed by atoms with E-state index in [2.05, 4.69) is 29.5 Å². The lowest BCUT2D eigenvalue weighted by atomic mass is 10.1. The lowest BCUT2D eigenvalue weighted by molar-refractivity contribution is -0.0144. The van der Waals surface area contributed by atoms with Crippen LogP contribution in [0.3, 0.4) is 0 Å². The van der Waals surface area contributed by atoms with Gasteiger partial charge in [-0.25, -0.2) is 0 Å². The highest BCUT2D eigenvalue weighted by atomic mass is 16.5. The third kappa shape index (κ3) is 5.58. The first-order valence-electron chi connectivity index (χ1n) is 6.48. The molecule has 1 rings (SSSR count). The summed E-state index contributed by atoms with van der Waals surface area (Å²) in [5, 5.41) is 0. The third-order valence-electron chi connectivity index (χ3n) is 2.70. The van der Waals surface area contributed by atoms with Crippen molar-refractivity contribution in [1.29, 1.82) is 0 Å². The molecular formula is C14H25N3O. The number of aromatic nitrogens is 1. The molecule has 0 aliphatic heterocycles. The number of nitrogens with zero attached hydrogens (tertiary/aromatic N) is 1. The Labute approximate surface area is 110 Å². The number of rotatable bonds is 6. The second-order valence-electron chi connectivity index (χ2n) is 5.50. The van der Waals surface area contributed by atoms with Crippen molar-refractivity contribution >= 4 is 0 Å². The van der Waals surface area contributed by atoms with Crippen LogP contribution in [0.15, 0.2) is 18.3 Å². The maximum atomic E-state index is 5.73. The van der Waals surface area contributed by atoms with Crippen LogP contribution in [0.25, 0.3) is 0 Å². The van der Waals surface area contributed by atoms with E-state index in [1.807, 2.05) is 27.0 Å². The summed E-state index contributed by atoms with van der Waals surface area (Å²) in [6.45, 7) is 8.81. The Morgan fingerprint density at radius 1 is 1.39 bits per heavy atom. The summed E-state index contributed by atoms with van der Waals surface area (Å²) >= 11 is 0. The summed E-state index contributed by atoms with van der Waals surface area (Å²) in [4.78, 5) is 4.43. The van der Waals surface area contributed by atoms with Gasteiger partial charge in [0.25, 0.3) is 0 Å². The normalized spacial score (nSPS) is 13.6. The molecule has 4 nitrogen and oxygen atoms in total. The fraction of sp³-hybridized carbons (Fsp3) is 0.643. The number of pyridine rings is 1. The van der Waals surface area contributed by atoms with Gasteiger partial charge in [-0.05, 0) is 38.8 Å². The van der Waals surface area contributed by atoms with Crippen LogP contribution in [0.2, 0.25) is 0 Å². The number of hydrazine groups is 1. The molecule has 1 unspecified atom stereocenters. The molecule has 4 heteroatoms. The van der Waals surface area contributed by atoms with Crippen molar-refractivity contribution in [3.05, 3.63) is 29.6 Å². The lowest BCUT2D eigenvalue weighted by Gasteiger charge is -2.24. The van der Waals surface area contributed by atoms with Gasteiger partial charge in [0, 0.05) is 24.4 Å². The molecule has 0 aliphatic rings. The highest BCUT2D eigenvalue weighted by Crippen LogP contribution is 2.09. The molecule has 0 radical (unpaired) electrons. The van der Waals surface area contributed by atoms with Crippen molar-refractivity contribution in [2.75, 3.05) is 6.61 Å². The molecular weight excluding hydrogens is 226 g/mol. The summed E-state index contributed by atoms with van der Waals surface area (Å²) in [7, 11) is 0. The lowest BCUT2D eigenvalue weighted by Crippen LogP contribution is -2.42. The Kier molecular flexibility index (Phi) is 5.72. The maximum Gasteiger partial charge on any atom is 0.0644 e. The first-order valence-corrected chi connectivity index (χ1v) is 6.48. The van der Waals surface area contributed by atoms with Crippen molar-refractivity contribution in [2.24, 2.45) is 5.84 Å². The van der Waals surface area contributed by atoms with Crippen LogP contribution in [0.5, 0.6) is 0 Å². The molecule has 18 heavy (non-hydrogen) atoms. The summed E-state index contributed by atoms with van der Waals surface area (Å²) < 4.78 is 5.73. The van der Waals surface area contributed by atoms with Gasteiger partial charge in [-0.2, -0.15) is 0 Å². The maximum absolute atomic E-state index is 5.73. The summed E-state index contributed by atoms with van der Waals surface area (Å²) in [5.74, 6) is 5.55. The number of ether oxygens (including phenoxy) is 1. The second-order valence-corrected chi connectivity index (χ2v) is 5.50. The standard InChI is InChI=1S/C14H25N3O/c1-5-11-6-7-12(16-9-11)8-13(17-15)10-18-14(2,3)4/h6-7,9,13,17H,5,8,10,15H2,1-4H3. The molecule has 1 atom stereocenters.